The lowest BCUT2D eigenvalue weighted by Crippen LogP contribution is -2.70. The minimum atomic E-state index is 0.149. The molecule has 0 bridgehead atoms. The highest BCUT2D eigenvalue weighted by atomic mass is 15.3. The Morgan fingerprint density at radius 3 is 2.00 bits per heavy atom. The Hall–Kier alpha value is -0.670. The zero-order valence-electron chi connectivity index (χ0n) is 23.0. The Morgan fingerprint density at radius 1 is 0.765 bits per heavy atom. The van der Waals surface area contributed by atoms with Crippen LogP contribution in [0.1, 0.15) is 99.3 Å². The summed E-state index contributed by atoms with van der Waals surface area (Å²) in [6, 6.07) is 5.65. The first-order valence-corrected chi connectivity index (χ1v) is 14.4. The van der Waals surface area contributed by atoms with Crippen molar-refractivity contribution in [3.8, 4) is 6.07 Å². The molecule has 5 aliphatic rings. The third-order valence-electron chi connectivity index (χ3n) is 10.3. The molecule has 4 heterocycles. The predicted octanol–water partition coefficient (Wildman–Crippen LogP) is 4.72. The molecule has 4 saturated heterocycles. The van der Waals surface area contributed by atoms with Gasteiger partial charge in [-0.1, -0.05) is 0 Å². The van der Waals surface area contributed by atoms with E-state index in [0.29, 0.717) is 23.0 Å². The summed E-state index contributed by atoms with van der Waals surface area (Å²) in [6.07, 6.45) is 11.7. The van der Waals surface area contributed by atoms with Gasteiger partial charge in [-0.15, -0.1) is 0 Å². The number of piperidine rings is 1. The first kappa shape index (κ1) is 25.0. The van der Waals surface area contributed by atoms with Crippen molar-refractivity contribution in [2.45, 2.75) is 141 Å². The first-order chi connectivity index (χ1) is 16.0. The van der Waals surface area contributed by atoms with Crippen molar-refractivity contribution in [1.82, 2.24) is 19.6 Å². The topological polar surface area (TPSA) is 36.8 Å². The third-order valence-corrected chi connectivity index (χ3v) is 10.3. The molecule has 0 amide bonds. The molecule has 34 heavy (non-hydrogen) atoms. The van der Waals surface area contributed by atoms with Gasteiger partial charge in [0.05, 0.1) is 12.1 Å². The van der Waals surface area contributed by atoms with Gasteiger partial charge in [-0.3, -0.25) is 19.6 Å². The van der Waals surface area contributed by atoms with Gasteiger partial charge in [0, 0.05) is 61.4 Å². The minimum absolute atomic E-state index is 0.149. The summed E-state index contributed by atoms with van der Waals surface area (Å²) in [5.41, 5.74) is 1.23. The lowest BCUT2D eigenvalue weighted by molar-refractivity contribution is -0.142. The van der Waals surface area contributed by atoms with Gasteiger partial charge in [0.25, 0.3) is 0 Å². The molecule has 192 valence electrons. The van der Waals surface area contributed by atoms with Crippen LogP contribution >= 0.6 is 0 Å². The molecule has 5 nitrogen and oxygen atoms in total. The molecular weight excluding hydrogens is 418 g/mol. The molecule has 0 radical (unpaired) electrons. The van der Waals surface area contributed by atoms with E-state index < -0.39 is 0 Å². The molecule has 1 spiro atoms. The summed E-state index contributed by atoms with van der Waals surface area (Å²) in [6.45, 7) is 20.4. The second kappa shape index (κ2) is 9.02. The summed E-state index contributed by atoms with van der Waals surface area (Å²) < 4.78 is 0. The highest BCUT2D eigenvalue weighted by Gasteiger charge is 2.56. The smallest absolute Gasteiger partial charge is 0.0983 e. The maximum atomic E-state index is 9.97. The number of nitrogens with zero attached hydrogens (tertiary/aromatic N) is 5. The molecule has 3 atom stereocenters. The van der Waals surface area contributed by atoms with Crippen LogP contribution < -0.4 is 0 Å². The van der Waals surface area contributed by atoms with Gasteiger partial charge in [-0.2, -0.15) is 5.26 Å². The second-order valence-electron chi connectivity index (χ2n) is 14.6. The third kappa shape index (κ3) is 4.70. The van der Waals surface area contributed by atoms with Crippen LogP contribution in [0.25, 0.3) is 0 Å². The molecule has 0 aromatic rings. The van der Waals surface area contributed by atoms with Crippen LogP contribution in [-0.4, -0.2) is 93.6 Å². The average molecular weight is 470 g/mol. The van der Waals surface area contributed by atoms with E-state index in [0.717, 1.165) is 18.5 Å². The molecule has 4 aliphatic heterocycles. The van der Waals surface area contributed by atoms with Gasteiger partial charge in [0.2, 0.25) is 0 Å². The van der Waals surface area contributed by atoms with Crippen LogP contribution in [0.5, 0.6) is 0 Å². The zero-order valence-corrected chi connectivity index (χ0v) is 23.0. The van der Waals surface area contributed by atoms with Crippen molar-refractivity contribution in [3.05, 3.63) is 0 Å². The molecule has 5 heteroatoms. The number of hydrogen-bond acceptors (Lipinski definition) is 5. The lowest BCUT2D eigenvalue weighted by atomic mass is 9.59. The fourth-order valence-corrected chi connectivity index (χ4v) is 8.24. The fourth-order valence-electron chi connectivity index (χ4n) is 8.24. The van der Waals surface area contributed by atoms with Crippen LogP contribution in [0.15, 0.2) is 0 Å². The molecule has 1 saturated carbocycles. The van der Waals surface area contributed by atoms with Gasteiger partial charge in [0.1, 0.15) is 0 Å². The molecular formula is C29H51N5. The van der Waals surface area contributed by atoms with Crippen LogP contribution in [0, 0.1) is 16.7 Å². The normalized spacial score (nSPS) is 34.9. The molecule has 5 rings (SSSR count). The standard InChI is InChI=1S/C29H51N5/c1-27(2,3)31-14-11-22(12-15-31)34-24(9-10-25(34)19-30)16-23-8-7-13-33(23)26-17-29(18-26)20-32(21-29)28(4,5)6/h22-26H,7-18,20-21H2,1-6H3/t23-,24?,25-/m0/s1. The van der Waals surface area contributed by atoms with E-state index in [1.165, 1.54) is 84.1 Å². The Labute approximate surface area is 209 Å². The number of nitriles is 1. The van der Waals surface area contributed by atoms with E-state index in [1.54, 1.807) is 0 Å². The van der Waals surface area contributed by atoms with Crippen LogP contribution in [-0.2, 0) is 0 Å². The monoisotopic (exact) mass is 469 g/mol. The Balaban J connectivity index is 1.17. The van der Waals surface area contributed by atoms with Crippen molar-refractivity contribution in [1.29, 1.82) is 5.26 Å². The fraction of sp³-hybridized carbons (Fsp3) is 0.966. The molecule has 5 fully saturated rings. The quantitative estimate of drug-likeness (QED) is 0.595. The van der Waals surface area contributed by atoms with Crippen LogP contribution in [0.4, 0.5) is 0 Å². The number of rotatable bonds is 4. The van der Waals surface area contributed by atoms with Crippen molar-refractivity contribution >= 4 is 0 Å². The van der Waals surface area contributed by atoms with E-state index >= 15 is 0 Å². The Kier molecular flexibility index (Phi) is 6.63. The van der Waals surface area contributed by atoms with Gasteiger partial charge in [0.15, 0.2) is 0 Å². The highest BCUT2D eigenvalue weighted by Crippen LogP contribution is 2.53. The second-order valence-corrected chi connectivity index (χ2v) is 14.6. The maximum absolute atomic E-state index is 9.97. The summed E-state index contributed by atoms with van der Waals surface area (Å²) in [7, 11) is 0. The van der Waals surface area contributed by atoms with Crippen molar-refractivity contribution in [2.75, 3.05) is 32.7 Å². The number of likely N-dealkylation sites (tertiary alicyclic amines) is 4. The van der Waals surface area contributed by atoms with Crippen molar-refractivity contribution < 1.29 is 0 Å². The van der Waals surface area contributed by atoms with Gasteiger partial charge in [-0.05, 0) is 111 Å². The zero-order chi connectivity index (χ0) is 24.3. The summed E-state index contributed by atoms with van der Waals surface area (Å²) >= 11 is 0. The molecule has 0 N–H and O–H groups in total. The van der Waals surface area contributed by atoms with E-state index in [1.807, 2.05) is 0 Å². The molecule has 1 unspecified atom stereocenters. The SMILES string of the molecule is CC(C)(C)N1CCC(N2C(C[C@@H]3CCCN3C3CC4(C3)CN(C(C)(C)C)C4)CC[C@H]2C#N)CC1. The number of hydrogen-bond donors (Lipinski definition) is 0. The van der Waals surface area contributed by atoms with Crippen LogP contribution in [0.2, 0.25) is 0 Å². The summed E-state index contributed by atoms with van der Waals surface area (Å²) in [5.74, 6) is 0. The van der Waals surface area contributed by atoms with Gasteiger partial charge < -0.3 is 0 Å². The van der Waals surface area contributed by atoms with E-state index in [-0.39, 0.29) is 11.6 Å². The van der Waals surface area contributed by atoms with E-state index in [4.69, 9.17) is 0 Å². The van der Waals surface area contributed by atoms with E-state index in [2.05, 4.69) is 67.2 Å². The minimum Gasteiger partial charge on any atom is -0.298 e. The van der Waals surface area contributed by atoms with Crippen molar-refractivity contribution in [2.24, 2.45) is 5.41 Å². The highest BCUT2D eigenvalue weighted by molar-refractivity contribution is 5.11. The predicted molar refractivity (Wildman–Crippen MR) is 140 cm³/mol. The largest absolute Gasteiger partial charge is 0.298 e. The van der Waals surface area contributed by atoms with E-state index in [9.17, 15) is 5.26 Å². The summed E-state index contributed by atoms with van der Waals surface area (Å²) in [5, 5.41) is 9.97. The van der Waals surface area contributed by atoms with Crippen molar-refractivity contribution in [3.63, 3.8) is 0 Å². The summed E-state index contributed by atoms with van der Waals surface area (Å²) in [4.78, 5) is 11.0. The Bertz CT molecular complexity index is 751. The first-order valence-electron chi connectivity index (χ1n) is 14.4. The Morgan fingerprint density at radius 2 is 1.41 bits per heavy atom. The lowest BCUT2D eigenvalue weighted by Gasteiger charge is -2.64. The molecule has 0 aromatic heterocycles. The molecule has 0 aromatic carbocycles. The van der Waals surface area contributed by atoms with Gasteiger partial charge in [-0.25, -0.2) is 0 Å². The average Bonchev–Trinajstić information content (AvgIpc) is 3.31. The molecule has 1 aliphatic carbocycles. The van der Waals surface area contributed by atoms with Gasteiger partial charge >= 0.3 is 0 Å². The maximum Gasteiger partial charge on any atom is 0.0983 e. The van der Waals surface area contributed by atoms with Crippen LogP contribution in [0.3, 0.4) is 0 Å².